The van der Waals surface area contributed by atoms with Gasteiger partial charge in [0, 0.05) is 11.7 Å². The summed E-state index contributed by atoms with van der Waals surface area (Å²) < 4.78 is 5.32. The number of ether oxygens (including phenoxy) is 1. The van der Waals surface area contributed by atoms with Crippen LogP contribution in [0, 0.1) is 0 Å². The highest BCUT2D eigenvalue weighted by molar-refractivity contribution is 5.77. The van der Waals surface area contributed by atoms with Gasteiger partial charge in [0.2, 0.25) is 5.91 Å². The van der Waals surface area contributed by atoms with Crippen molar-refractivity contribution < 1.29 is 9.53 Å². The van der Waals surface area contributed by atoms with E-state index in [0.29, 0.717) is 12.6 Å². The maximum Gasteiger partial charge on any atom is 0.246 e. The summed E-state index contributed by atoms with van der Waals surface area (Å²) in [4.78, 5) is 11.3. The quantitative estimate of drug-likeness (QED) is 0.572. The second-order valence-electron chi connectivity index (χ2n) is 4.34. The lowest BCUT2D eigenvalue weighted by atomic mass is 10.1. The van der Waals surface area contributed by atoms with Crippen molar-refractivity contribution in [3.05, 3.63) is 29.8 Å². The van der Waals surface area contributed by atoms with Crippen molar-refractivity contribution >= 4 is 11.6 Å². The Morgan fingerprint density at radius 2 is 2.18 bits per heavy atom. The van der Waals surface area contributed by atoms with E-state index in [-0.39, 0.29) is 12.5 Å². The number of anilines is 1. The molecule has 2 rings (SSSR count). The zero-order valence-corrected chi connectivity index (χ0v) is 9.82. The molecule has 0 radical (unpaired) electrons. The summed E-state index contributed by atoms with van der Waals surface area (Å²) in [6.07, 6.45) is 2.95. The highest BCUT2D eigenvalue weighted by Crippen LogP contribution is 2.18. The van der Waals surface area contributed by atoms with E-state index in [0.717, 1.165) is 30.5 Å². The van der Waals surface area contributed by atoms with Gasteiger partial charge in [-0.25, -0.2) is 0 Å². The number of carbonyl (C=O) groups excluding carboxylic acids is 1. The van der Waals surface area contributed by atoms with Crippen molar-refractivity contribution in [2.45, 2.75) is 25.3 Å². The zero-order valence-electron chi connectivity index (χ0n) is 9.82. The van der Waals surface area contributed by atoms with Crippen LogP contribution in [-0.2, 0) is 16.0 Å². The average molecular weight is 234 g/mol. The standard InChI is InChI=1S/C13H18N2O2/c14-12-4-2-1-3-10(12)7-8-17-9-13(16)15-11-5-6-11/h1-4,11H,5-9,14H2,(H,15,16). The molecule has 0 aliphatic heterocycles. The van der Waals surface area contributed by atoms with Crippen molar-refractivity contribution in [3.8, 4) is 0 Å². The number of amides is 1. The maximum absolute atomic E-state index is 11.3. The summed E-state index contributed by atoms with van der Waals surface area (Å²) in [6.45, 7) is 0.662. The fraction of sp³-hybridized carbons (Fsp3) is 0.462. The first-order valence-corrected chi connectivity index (χ1v) is 5.96. The number of nitrogen functional groups attached to an aromatic ring is 1. The highest BCUT2D eigenvalue weighted by Gasteiger charge is 2.22. The molecule has 1 saturated carbocycles. The Morgan fingerprint density at radius 3 is 2.88 bits per heavy atom. The first kappa shape index (κ1) is 11.9. The minimum Gasteiger partial charge on any atom is -0.399 e. The first-order valence-electron chi connectivity index (χ1n) is 5.96. The number of rotatable bonds is 6. The molecule has 4 nitrogen and oxygen atoms in total. The van der Waals surface area contributed by atoms with Crippen LogP contribution < -0.4 is 11.1 Å². The van der Waals surface area contributed by atoms with Gasteiger partial charge in [-0.15, -0.1) is 0 Å². The number of nitrogens with one attached hydrogen (secondary N) is 1. The topological polar surface area (TPSA) is 64.3 Å². The Morgan fingerprint density at radius 1 is 1.41 bits per heavy atom. The molecule has 17 heavy (non-hydrogen) atoms. The molecule has 0 spiro atoms. The lowest BCUT2D eigenvalue weighted by Crippen LogP contribution is -2.29. The summed E-state index contributed by atoms with van der Waals surface area (Å²) in [5, 5.41) is 2.88. The molecule has 3 N–H and O–H groups in total. The third-order valence-corrected chi connectivity index (χ3v) is 2.75. The van der Waals surface area contributed by atoms with Crippen LogP contribution in [0.2, 0.25) is 0 Å². The Labute approximate surface area is 101 Å². The van der Waals surface area contributed by atoms with Crippen molar-refractivity contribution in [1.29, 1.82) is 0 Å². The van der Waals surface area contributed by atoms with Gasteiger partial charge in [-0.05, 0) is 30.9 Å². The number of para-hydroxylation sites is 1. The van der Waals surface area contributed by atoms with Gasteiger partial charge < -0.3 is 15.8 Å². The van der Waals surface area contributed by atoms with Gasteiger partial charge in [0.1, 0.15) is 6.61 Å². The van der Waals surface area contributed by atoms with E-state index in [1.54, 1.807) is 0 Å². The number of hydrogen-bond acceptors (Lipinski definition) is 3. The van der Waals surface area contributed by atoms with E-state index < -0.39 is 0 Å². The van der Waals surface area contributed by atoms with Crippen LogP contribution >= 0.6 is 0 Å². The highest BCUT2D eigenvalue weighted by atomic mass is 16.5. The van der Waals surface area contributed by atoms with Gasteiger partial charge in [0.25, 0.3) is 0 Å². The molecule has 92 valence electrons. The van der Waals surface area contributed by atoms with E-state index in [2.05, 4.69) is 5.32 Å². The fourth-order valence-electron chi connectivity index (χ4n) is 1.61. The van der Waals surface area contributed by atoms with E-state index in [4.69, 9.17) is 10.5 Å². The molecule has 1 aromatic carbocycles. The number of hydrogen-bond donors (Lipinski definition) is 2. The van der Waals surface area contributed by atoms with Crippen LogP contribution in [0.3, 0.4) is 0 Å². The van der Waals surface area contributed by atoms with Gasteiger partial charge in [-0.3, -0.25) is 4.79 Å². The molecule has 1 aromatic rings. The Kier molecular flexibility index (Phi) is 3.98. The molecule has 1 aliphatic carbocycles. The third kappa shape index (κ3) is 4.07. The Balaban J connectivity index is 1.62. The van der Waals surface area contributed by atoms with E-state index in [1.807, 2.05) is 24.3 Å². The lowest BCUT2D eigenvalue weighted by molar-refractivity contribution is -0.125. The number of benzene rings is 1. The molecular formula is C13H18N2O2. The van der Waals surface area contributed by atoms with E-state index in [9.17, 15) is 4.79 Å². The molecule has 0 atom stereocenters. The van der Waals surface area contributed by atoms with Gasteiger partial charge >= 0.3 is 0 Å². The SMILES string of the molecule is Nc1ccccc1CCOCC(=O)NC1CC1. The predicted octanol–water partition coefficient (Wildman–Crippen LogP) is 1.11. The van der Waals surface area contributed by atoms with Crippen LogP contribution in [0.25, 0.3) is 0 Å². The zero-order chi connectivity index (χ0) is 12.1. The molecule has 0 bridgehead atoms. The second-order valence-corrected chi connectivity index (χ2v) is 4.34. The molecular weight excluding hydrogens is 216 g/mol. The van der Waals surface area contributed by atoms with Crippen molar-refractivity contribution in [3.63, 3.8) is 0 Å². The van der Waals surface area contributed by atoms with Gasteiger partial charge in [-0.1, -0.05) is 18.2 Å². The Bertz CT molecular complexity index is 389. The van der Waals surface area contributed by atoms with Gasteiger partial charge in [0.15, 0.2) is 0 Å². The predicted molar refractivity (Wildman–Crippen MR) is 66.5 cm³/mol. The Hall–Kier alpha value is -1.55. The van der Waals surface area contributed by atoms with E-state index >= 15 is 0 Å². The maximum atomic E-state index is 11.3. The second kappa shape index (κ2) is 5.68. The molecule has 0 heterocycles. The van der Waals surface area contributed by atoms with E-state index in [1.165, 1.54) is 0 Å². The van der Waals surface area contributed by atoms with Gasteiger partial charge in [0.05, 0.1) is 6.61 Å². The molecule has 4 heteroatoms. The van der Waals surface area contributed by atoms with Crippen LogP contribution in [-0.4, -0.2) is 25.2 Å². The summed E-state index contributed by atoms with van der Waals surface area (Å²) in [6, 6.07) is 8.10. The van der Waals surface area contributed by atoms with Crippen molar-refractivity contribution in [1.82, 2.24) is 5.32 Å². The molecule has 1 fully saturated rings. The minimum atomic E-state index is -0.0199. The summed E-state index contributed by atoms with van der Waals surface area (Å²) in [7, 11) is 0. The summed E-state index contributed by atoms with van der Waals surface area (Å²) in [5.41, 5.74) is 7.64. The third-order valence-electron chi connectivity index (χ3n) is 2.75. The summed E-state index contributed by atoms with van der Waals surface area (Å²) in [5.74, 6) is -0.0199. The number of carbonyl (C=O) groups is 1. The normalized spacial score (nSPS) is 14.6. The van der Waals surface area contributed by atoms with Crippen molar-refractivity contribution in [2.75, 3.05) is 18.9 Å². The van der Waals surface area contributed by atoms with Crippen LogP contribution in [0.1, 0.15) is 18.4 Å². The first-order chi connectivity index (χ1) is 8.25. The molecule has 0 aromatic heterocycles. The molecule has 1 aliphatic rings. The smallest absolute Gasteiger partial charge is 0.246 e. The number of nitrogens with two attached hydrogens (primary N) is 1. The fourth-order valence-corrected chi connectivity index (χ4v) is 1.61. The van der Waals surface area contributed by atoms with Crippen LogP contribution in [0.5, 0.6) is 0 Å². The summed E-state index contributed by atoms with van der Waals surface area (Å²) >= 11 is 0. The van der Waals surface area contributed by atoms with Crippen LogP contribution in [0.4, 0.5) is 5.69 Å². The molecule has 1 amide bonds. The minimum absolute atomic E-state index is 0.0199. The monoisotopic (exact) mass is 234 g/mol. The largest absolute Gasteiger partial charge is 0.399 e. The molecule has 0 unspecified atom stereocenters. The molecule has 0 saturated heterocycles. The van der Waals surface area contributed by atoms with Crippen molar-refractivity contribution in [2.24, 2.45) is 0 Å². The lowest BCUT2D eigenvalue weighted by Gasteiger charge is -2.06. The van der Waals surface area contributed by atoms with Gasteiger partial charge in [-0.2, -0.15) is 0 Å². The van der Waals surface area contributed by atoms with Crippen LogP contribution in [0.15, 0.2) is 24.3 Å². The average Bonchev–Trinajstić information content (AvgIpc) is 3.10.